The fourth-order valence-electron chi connectivity index (χ4n) is 12.0. The molecule has 0 spiro atoms. The van der Waals surface area contributed by atoms with Crippen LogP contribution < -0.4 is 10.8 Å². The van der Waals surface area contributed by atoms with E-state index in [4.69, 9.17) is 33.0 Å². The van der Waals surface area contributed by atoms with Gasteiger partial charge < -0.3 is 53.2 Å². The van der Waals surface area contributed by atoms with E-state index in [9.17, 15) is 68.6 Å². The van der Waals surface area contributed by atoms with E-state index >= 15 is 0 Å². The highest BCUT2D eigenvalue weighted by Crippen LogP contribution is 2.43. The molecule has 4 aliphatic heterocycles. The van der Waals surface area contributed by atoms with Gasteiger partial charge in [0.1, 0.15) is 36.6 Å². The second kappa shape index (κ2) is 35.2. The molecule has 2 amide bonds. The number of likely N-dealkylation sites (tertiary alicyclic amines) is 2. The molecule has 4 aliphatic rings. The Bertz CT molecular complexity index is 3880. The lowest BCUT2D eigenvalue weighted by atomic mass is 9.82. The van der Waals surface area contributed by atoms with Crippen molar-refractivity contribution < 1.29 is 102 Å². The Morgan fingerprint density at radius 3 is 1.19 bits per heavy atom. The van der Waals surface area contributed by atoms with Gasteiger partial charge in [-0.2, -0.15) is 54.8 Å². The topological polar surface area (TPSA) is 242 Å². The van der Waals surface area contributed by atoms with Crippen LogP contribution in [0.3, 0.4) is 0 Å². The molecule has 0 saturated carbocycles. The first kappa shape index (κ1) is 83.6. The number of alkyl halides is 9. The first-order valence-electron chi connectivity index (χ1n) is 34.9. The van der Waals surface area contributed by atoms with E-state index in [0.29, 0.717) is 86.3 Å². The molecule has 6 aromatic rings. The molecular formula is C73H95BF9N9O13. The minimum absolute atomic E-state index is 0.0376. The van der Waals surface area contributed by atoms with Gasteiger partial charge in [0.25, 0.3) is 0 Å². The molecule has 4 fully saturated rings. The predicted molar refractivity (Wildman–Crippen MR) is 371 cm³/mol. The summed E-state index contributed by atoms with van der Waals surface area (Å²) in [7, 11) is -0.462. The van der Waals surface area contributed by atoms with Gasteiger partial charge >= 0.3 is 55.7 Å². The number of ether oxygens (including phenoxy) is 5. The number of nitrogens with zero attached hydrogens (tertiary/aromatic N) is 8. The summed E-state index contributed by atoms with van der Waals surface area (Å²) in [6.45, 7) is 28.1. The number of amides is 2. The average molecular weight is 1490 g/mol. The van der Waals surface area contributed by atoms with Gasteiger partial charge in [-0.05, 0) is 224 Å². The van der Waals surface area contributed by atoms with Gasteiger partial charge in [0, 0.05) is 67.6 Å². The number of nitrogens with one attached hydrogen (secondary N) is 1. The lowest BCUT2D eigenvalue weighted by Crippen LogP contribution is -2.41. The van der Waals surface area contributed by atoms with Crippen molar-refractivity contribution in [1.29, 1.82) is 0 Å². The SMILES string of the molecule is CC(C)(C)OC(=O)N1CCC(c2ccc(C(F)(F)F)cc2O)CC1.CCOC(=O)Cn1cc(-c2cc(C(F)(F)F)ccc2C2CCN(C(=O)OC(C)(C)C)CC2)cn1.CCOC(=O)Cn1cc(-c2cc(C(F)(F)F)ccc2C2CCNCC2)cn1.CCOC(=O)Cn1cc(B2OC(C)(C)C(C)(C)O2)cn1. The Kier molecular flexibility index (Phi) is 28.0. The number of benzene rings is 3. The molecule has 10 rings (SSSR count). The van der Waals surface area contributed by atoms with E-state index < -0.39 is 71.6 Å². The fourth-order valence-corrected chi connectivity index (χ4v) is 12.0. The summed E-state index contributed by atoms with van der Waals surface area (Å²) >= 11 is 0. The van der Waals surface area contributed by atoms with Crippen molar-refractivity contribution in [3.8, 4) is 28.0 Å². The van der Waals surface area contributed by atoms with Gasteiger partial charge in [-0.25, -0.2) is 9.59 Å². The zero-order valence-corrected chi connectivity index (χ0v) is 61.5. The molecule has 22 nitrogen and oxygen atoms in total. The van der Waals surface area contributed by atoms with Gasteiger partial charge in [0.05, 0.1) is 60.1 Å². The number of aromatic hydroxyl groups is 1. The molecule has 7 heterocycles. The number of halogens is 9. The molecule has 0 unspecified atom stereocenters. The Hall–Kier alpha value is -8.65. The van der Waals surface area contributed by atoms with Crippen molar-refractivity contribution >= 4 is 42.7 Å². The molecular weight excluding hydrogens is 1390 g/mol. The number of esters is 3. The molecule has 0 atom stereocenters. The average Bonchev–Trinajstić information content (AvgIpc) is 1.66. The summed E-state index contributed by atoms with van der Waals surface area (Å²) in [5.41, 5.74) is 0.678. The minimum atomic E-state index is -4.49. The number of rotatable bonds is 15. The minimum Gasteiger partial charge on any atom is -0.508 e. The highest BCUT2D eigenvalue weighted by molar-refractivity contribution is 6.62. The van der Waals surface area contributed by atoms with Crippen LogP contribution in [0.4, 0.5) is 49.1 Å². The van der Waals surface area contributed by atoms with Crippen LogP contribution in [0.25, 0.3) is 22.3 Å². The molecule has 3 aromatic carbocycles. The third kappa shape index (κ3) is 24.2. The highest BCUT2D eigenvalue weighted by atomic mass is 19.4. The van der Waals surface area contributed by atoms with Crippen molar-refractivity contribution in [2.75, 3.05) is 59.1 Å². The number of hydrogen-bond acceptors (Lipinski definition) is 17. The maximum atomic E-state index is 13.5. The van der Waals surface area contributed by atoms with Crippen molar-refractivity contribution in [2.45, 2.75) is 207 Å². The van der Waals surface area contributed by atoms with Gasteiger partial charge in [-0.15, -0.1) is 0 Å². The van der Waals surface area contributed by atoms with E-state index in [-0.39, 0.29) is 79.6 Å². The first-order valence-corrected chi connectivity index (χ1v) is 34.9. The Morgan fingerprint density at radius 2 is 0.838 bits per heavy atom. The van der Waals surface area contributed by atoms with Crippen LogP contribution in [0, 0.1) is 0 Å². The summed E-state index contributed by atoms with van der Waals surface area (Å²) < 4.78 is 160. The molecule has 0 bridgehead atoms. The molecule has 3 aromatic heterocycles. The van der Waals surface area contributed by atoms with Crippen molar-refractivity contribution in [2.24, 2.45) is 0 Å². The Morgan fingerprint density at radius 1 is 0.505 bits per heavy atom. The molecule has 576 valence electrons. The Balaban J connectivity index is 0.000000199. The number of phenols is 1. The van der Waals surface area contributed by atoms with Crippen molar-refractivity contribution in [1.82, 2.24) is 44.5 Å². The third-order valence-electron chi connectivity index (χ3n) is 17.9. The van der Waals surface area contributed by atoms with Crippen LogP contribution in [0.2, 0.25) is 0 Å². The van der Waals surface area contributed by atoms with Crippen molar-refractivity contribution in [3.05, 3.63) is 125 Å². The van der Waals surface area contributed by atoms with Gasteiger partial charge in [0.2, 0.25) is 0 Å². The maximum absolute atomic E-state index is 13.5. The van der Waals surface area contributed by atoms with Crippen molar-refractivity contribution in [3.63, 3.8) is 0 Å². The van der Waals surface area contributed by atoms with E-state index in [1.807, 2.05) is 27.7 Å². The molecule has 32 heteroatoms. The van der Waals surface area contributed by atoms with E-state index in [1.165, 1.54) is 44.6 Å². The van der Waals surface area contributed by atoms with Crippen LogP contribution in [0.5, 0.6) is 5.75 Å². The number of carbonyl (C=O) groups is 5. The third-order valence-corrected chi connectivity index (χ3v) is 17.9. The second-order valence-corrected chi connectivity index (χ2v) is 28.7. The van der Waals surface area contributed by atoms with Crippen LogP contribution in [0.1, 0.15) is 180 Å². The van der Waals surface area contributed by atoms with Gasteiger partial charge in [0.15, 0.2) is 0 Å². The summed E-state index contributed by atoms with van der Waals surface area (Å²) in [6, 6.07) is 10.7. The lowest BCUT2D eigenvalue weighted by molar-refractivity contribution is -0.145. The van der Waals surface area contributed by atoms with Crippen LogP contribution >= 0.6 is 0 Å². The zero-order valence-electron chi connectivity index (χ0n) is 61.5. The summed E-state index contributed by atoms with van der Waals surface area (Å²) in [4.78, 5) is 62.4. The molecule has 0 radical (unpaired) electrons. The lowest BCUT2D eigenvalue weighted by Gasteiger charge is -2.34. The quantitative estimate of drug-likeness (QED) is 0.0420. The van der Waals surface area contributed by atoms with E-state index in [0.717, 1.165) is 72.9 Å². The molecule has 105 heavy (non-hydrogen) atoms. The monoisotopic (exact) mass is 1490 g/mol. The largest absolute Gasteiger partial charge is 0.508 e. The van der Waals surface area contributed by atoms with Crippen LogP contribution in [-0.4, -0.2) is 163 Å². The first-order chi connectivity index (χ1) is 49.0. The standard InChI is InChI=1S/C24H30F3N3O4.C19H22F3N3O2.C17H22F3NO3.C13H21BN2O4/c1-5-33-21(31)15-30-14-17(13-28-30)20-12-18(24(25,26)27)6-7-19(20)16-8-10-29(11-9-16)22(32)34-23(2,3)4;1-2-27-18(26)12-25-11-14(10-24-25)17-9-15(19(20,21)22)3-4-16(17)13-5-7-23-8-6-13;1-16(2,3)24-15(23)21-8-6-11(7-9-21)13-5-4-12(10-14(13)22)17(18,19)20;1-6-18-11(17)9-16-8-10(7-15-16)14-19-12(2,3)13(4,5)20-14/h6-7,12-14,16H,5,8-11,15H2,1-4H3;3-4,9-11,13,23H,2,5-8,12H2,1H3;4-5,10-11,22H,6-9H2,1-3H3;7-8H,6,9H2,1-5H3. The molecule has 2 N–H and O–H groups in total. The normalized spacial score (nSPS) is 16.7. The smallest absolute Gasteiger partial charge is 0.498 e. The zero-order chi connectivity index (χ0) is 77.6. The van der Waals surface area contributed by atoms with E-state index in [2.05, 4.69) is 20.6 Å². The number of aromatic nitrogens is 6. The van der Waals surface area contributed by atoms with Crippen LogP contribution in [-0.2, 0) is 85.5 Å². The van der Waals surface area contributed by atoms with Gasteiger partial charge in [-0.3, -0.25) is 28.4 Å². The fraction of sp³-hybridized carbons (Fsp3) is 0.562. The van der Waals surface area contributed by atoms with Crippen LogP contribution in [0.15, 0.2) is 91.8 Å². The summed E-state index contributed by atoms with van der Waals surface area (Å²) in [5.74, 6) is -1.49. The number of piperidine rings is 3. The second-order valence-electron chi connectivity index (χ2n) is 28.7. The summed E-state index contributed by atoms with van der Waals surface area (Å²) in [6.07, 6.45) is -0.607. The number of carbonyl (C=O) groups excluding carboxylic acids is 5. The highest BCUT2D eigenvalue weighted by Gasteiger charge is 2.52. The molecule has 0 aliphatic carbocycles. The number of hydrogen-bond donors (Lipinski definition) is 2. The molecule has 4 saturated heterocycles. The van der Waals surface area contributed by atoms with E-state index in [1.54, 1.807) is 103 Å². The predicted octanol–water partition coefficient (Wildman–Crippen LogP) is 14.1. The summed E-state index contributed by atoms with van der Waals surface area (Å²) in [5, 5.41) is 25.6. The Labute approximate surface area is 605 Å². The van der Waals surface area contributed by atoms with Gasteiger partial charge in [-0.1, -0.05) is 18.2 Å². The maximum Gasteiger partial charge on any atom is 0.498 e. The number of phenolic OH excluding ortho intramolecular Hbond substituents is 1.